The second kappa shape index (κ2) is 9.77. The molecule has 0 saturated carbocycles. The Balaban J connectivity index is 1.33. The number of carbonyl (C=O) groups excluding carboxylic acids is 2. The number of para-hydroxylation sites is 2. The Bertz CT molecular complexity index is 1330. The SMILES string of the molecule is COc1ccccc1Oc1ccc(NC(=O)C2Cc3ccccc3CN2C(=O)c2ccco2)cc1. The molecule has 0 saturated heterocycles. The quantitative estimate of drug-likeness (QED) is 0.416. The lowest BCUT2D eigenvalue weighted by Gasteiger charge is -2.35. The molecule has 7 heteroatoms. The maximum atomic E-state index is 13.3. The summed E-state index contributed by atoms with van der Waals surface area (Å²) in [6.45, 7) is 0.333. The first-order valence-corrected chi connectivity index (χ1v) is 11.3. The van der Waals surface area contributed by atoms with Gasteiger partial charge in [0.05, 0.1) is 13.4 Å². The summed E-state index contributed by atoms with van der Waals surface area (Å²) in [7, 11) is 1.59. The molecule has 0 spiro atoms. The van der Waals surface area contributed by atoms with Gasteiger partial charge < -0.3 is 24.1 Å². The summed E-state index contributed by atoms with van der Waals surface area (Å²) >= 11 is 0. The van der Waals surface area contributed by atoms with Crippen LogP contribution in [0, 0.1) is 0 Å². The van der Waals surface area contributed by atoms with E-state index in [9.17, 15) is 9.59 Å². The molecule has 7 nitrogen and oxygen atoms in total. The molecule has 4 aromatic rings. The van der Waals surface area contributed by atoms with Gasteiger partial charge in [-0.15, -0.1) is 0 Å². The maximum Gasteiger partial charge on any atom is 0.290 e. The van der Waals surface area contributed by atoms with Crippen LogP contribution in [0.3, 0.4) is 0 Å². The van der Waals surface area contributed by atoms with Crippen molar-refractivity contribution in [1.29, 1.82) is 0 Å². The Morgan fingerprint density at radius 2 is 1.60 bits per heavy atom. The molecule has 1 unspecified atom stereocenters. The highest BCUT2D eigenvalue weighted by atomic mass is 16.5. The van der Waals surface area contributed by atoms with Crippen LogP contribution in [-0.4, -0.2) is 29.9 Å². The molecule has 35 heavy (non-hydrogen) atoms. The maximum absolute atomic E-state index is 13.3. The Morgan fingerprint density at radius 3 is 2.31 bits per heavy atom. The van der Waals surface area contributed by atoms with Crippen LogP contribution in [0.1, 0.15) is 21.7 Å². The normalized spacial score (nSPS) is 14.7. The van der Waals surface area contributed by atoms with Gasteiger partial charge in [-0.3, -0.25) is 9.59 Å². The fourth-order valence-corrected chi connectivity index (χ4v) is 4.17. The van der Waals surface area contributed by atoms with Gasteiger partial charge in [-0.1, -0.05) is 36.4 Å². The summed E-state index contributed by atoms with van der Waals surface area (Å²) in [5, 5.41) is 2.94. The number of ether oxygens (including phenoxy) is 2. The molecule has 176 valence electrons. The first-order chi connectivity index (χ1) is 17.1. The molecule has 0 bridgehead atoms. The van der Waals surface area contributed by atoms with Gasteiger partial charge in [-0.25, -0.2) is 0 Å². The second-order valence-corrected chi connectivity index (χ2v) is 8.17. The van der Waals surface area contributed by atoms with Crippen molar-refractivity contribution in [3.8, 4) is 17.2 Å². The van der Waals surface area contributed by atoms with Crippen molar-refractivity contribution >= 4 is 17.5 Å². The van der Waals surface area contributed by atoms with Crippen molar-refractivity contribution in [2.75, 3.05) is 12.4 Å². The molecule has 0 aliphatic carbocycles. The molecule has 3 aromatic carbocycles. The van der Waals surface area contributed by atoms with Crippen molar-refractivity contribution < 1.29 is 23.5 Å². The molecular weight excluding hydrogens is 444 g/mol. The van der Waals surface area contributed by atoms with E-state index in [0.29, 0.717) is 35.9 Å². The molecule has 1 atom stereocenters. The third-order valence-corrected chi connectivity index (χ3v) is 5.96. The third kappa shape index (κ3) is 4.75. The molecule has 1 aliphatic heterocycles. The Morgan fingerprint density at radius 1 is 0.886 bits per heavy atom. The third-order valence-electron chi connectivity index (χ3n) is 5.96. The number of carbonyl (C=O) groups is 2. The number of amides is 2. The van der Waals surface area contributed by atoms with Crippen LogP contribution in [-0.2, 0) is 17.8 Å². The topological polar surface area (TPSA) is 81.0 Å². The minimum absolute atomic E-state index is 0.208. The van der Waals surface area contributed by atoms with Crippen molar-refractivity contribution in [2.24, 2.45) is 0 Å². The highest BCUT2D eigenvalue weighted by Crippen LogP contribution is 2.32. The number of hydrogen-bond acceptors (Lipinski definition) is 5. The molecule has 1 aliphatic rings. The first kappa shape index (κ1) is 22.3. The van der Waals surface area contributed by atoms with Gasteiger partial charge in [0, 0.05) is 18.7 Å². The average Bonchev–Trinajstić information content (AvgIpc) is 3.44. The van der Waals surface area contributed by atoms with Crippen LogP contribution in [0.5, 0.6) is 17.2 Å². The fourth-order valence-electron chi connectivity index (χ4n) is 4.17. The van der Waals surface area contributed by atoms with Gasteiger partial charge in [0.2, 0.25) is 5.91 Å². The summed E-state index contributed by atoms with van der Waals surface area (Å²) in [6, 6.07) is 24.9. The number of rotatable bonds is 6. The molecule has 0 fully saturated rings. The van der Waals surface area contributed by atoms with Gasteiger partial charge in [0.15, 0.2) is 17.3 Å². The zero-order valence-corrected chi connectivity index (χ0v) is 19.1. The summed E-state index contributed by atoms with van der Waals surface area (Å²) in [5.41, 5.74) is 2.68. The second-order valence-electron chi connectivity index (χ2n) is 8.17. The summed E-state index contributed by atoms with van der Waals surface area (Å²) in [5.74, 6) is 1.46. The van der Waals surface area contributed by atoms with Crippen LogP contribution in [0.15, 0.2) is 95.6 Å². The highest BCUT2D eigenvalue weighted by molar-refractivity contribution is 6.00. The summed E-state index contributed by atoms with van der Waals surface area (Å²) in [6.07, 6.45) is 1.87. The fraction of sp³-hybridized carbons (Fsp3) is 0.143. The van der Waals surface area contributed by atoms with E-state index in [2.05, 4.69) is 5.32 Å². The van der Waals surface area contributed by atoms with E-state index in [4.69, 9.17) is 13.9 Å². The van der Waals surface area contributed by atoms with E-state index < -0.39 is 6.04 Å². The number of benzene rings is 3. The number of anilines is 1. The van der Waals surface area contributed by atoms with E-state index in [1.165, 1.54) is 6.26 Å². The molecular formula is C28H24N2O5. The van der Waals surface area contributed by atoms with Gasteiger partial charge in [0.1, 0.15) is 11.8 Å². The van der Waals surface area contributed by atoms with Crippen LogP contribution in [0.25, 0.3) is 0 Å². The zero-order valence-electron chi connectivity index (χ0n) is 19.1. The van der Waals surface area contributed by atoms with E-state index >= 15 is 0 Å². The van der Waals surface area contributed by atoms with Crippen molar-refractivity contribution in [3.05, 3.63) is 108 Å². The number of furan rings is 1. The molecule has 1 aromatic heterocycles. The van der Waals surface area contributed by atoms with Crippen molar-refractivity contribution in [1.82, 2.24) is 4.90 Å². The van der Waals surface area contributed by atoms with Crippen LogP contribution in [0.2, 0.25) is 0 Å². The lowest BCUT2D eigenvalue weighted by molar-refractivity contribution is -0.121. The number of methoxy groups -OCH3 is 1. The predicted octanol–water partition coefficient (Wildman–Crippen LogP) is 5.29. The molecule has 2 amide bonds. The summed E-state index contributed by atoms with van der Waals surface area (Å²) < 4.78 is 16.5. The smallest absolute Gasteiger partial charge is 0.290 e. The van der Waals surface area contributed by atoms with Crippen LogP contribution < -0.4 is 14.8 Å². The van der Waals surface area contributed by atoms with E-state index in [-0.39, 0.29) is 17.6 Å². The van der Waals surface area contributed by atoms with E-state index in [1.54, 1.807) is 48.4 Å². The van der Waals surface area contributed by atoms with Gasteiger partial charge in [-0.2, -0.15) is 0 Å². The van der Waals surface area contributed by atoms with Gasteiger partial charge in [-0.05, 0) is 59.7 Å². The number of nitrogens with zero attached hydrogens (tertiary/aromatic N) is 1. The monoisotopic (exact) mass is 468 g/mol. The predicted molar refractivity (Wildman–Crippen MR) is 131 cm³/mol. The Labute approximate surface area is 202 Å². The minimum Gasteiger partial charge on any atom is -0.493 e. The summed E-state index contributed by atoms with van der Waals surface area (Å²) in [4.78, 5) is 28.0. The lowest BCUT2D eigenvalue weighted by atomic mass is 9.93. The Hall–Kier alpha value is -4.52. The minimum atomic E-state index is -0.674. The van der Waals surface area contributed by atoms with Crippen molar-refractivity contribution in [2.45, 2.75) is 19.0 Å². The van der Waals surface area contributed by atoms with Gasteiger partial charge in [0.25, 0.3) is 5.91 Å². The van der Waals surface area contributed by atoms with Crippen LogP contribution >= 0.6 is 0 Å². The van der Waals surface area contributed by atoms with Crippen molar-refractivity contribution in [3.63, 3.8) is 0 Å². The number of hydrogen-bond donors (Lipinski definition) is 1. The Kier molecular flexibility index (Phi) is 6.22. The first-order valence-electron chi connectivity index (χ1n) is 11.3. The molecule has 1 N–H and O–H groups in total. The van der Waals surface area contributed by atoms with E-state index in [0.717, 1.165) is 11.1 Å². The van der Waals surface area contributed by atoms with E-state index in [1.807, 2.05) is 48.5 Å². The zero-order chi connectivity index (χ0) is 24.2. The molecule has 0 radical (unpaired) electrons. The number of fused-ring (bicyclic) bond motifs is 1. The largest absolute Gasteiger partial charge is 0.493 e. The average molecular weight is 469 g/mol. The number of nitrogens with one attached hydrogen (secondary N) is 1. The van der Waals surface area contributed by atoms with Gasteiger partial charge >= 0.3 is 0 Å². The standard InChI is InChI=1S/C28H24N2O5/c1-33-24-9-4-5-10-25(24)35-22-14-12-21(13-15-22)29-27(31)23-17-19-7-2-3-8-20(19)18-30(23)28(32)26-11-6-16-34-26/h2-16,23H,17-18H2,1H3,(H,29,31). The molecule has 2 heterocycles. The molecule has 5 rings (SSSR count). The van der Waals surface area contributed by atoms with Crippen LogP contribution in [0.4, 0.5) is 5.69 Å². The lowest BCUT2D eigenvalue weighted by Crippen LogP contribution is -2.50. The highest BCUT2D eigenvalue weighted by Gasteiger charge is 2.36.